The molecule has 0 atom stereocenters. The Morgan fingerprint density at radius 3 is 1.81 bits per heavy atom. The first-order valence-electron chi connectivity index (χ1n) is 5.95. The van der Waals surface area contributed by atoms with Gasteiger partial charge in [0, 0.05) is 5.54 Å². The van der Waals surface area contributed by atoms with Crippen LogP contribution in [0.25, 0.3) is 0 Å². The van der Waals surface area contributed by atoms with E-state index in [1.165, 1.54) is 0 Å². The Hall–Kier alpha value is -0.570. The fourth-order valence-electron chi connectivity index (χ4n) is 1.77. The zero-order valence-electron chi connectivity index (χ0n) is 12.0. The van der Waals surface area contributed by atoms with Gasteiger partial charge in [0.15, 0.2) is 0 Å². The van der Waals surface area contributed by atoms with Crippen LogP contribution < -0.4 is 11.1 Å². The summed E-state index contributed by atoms with van der Waals surface area (Å²) in [6.45, 7) is 16.2. The molecule has 4 N–H and O–H groups in total. The molecule has 3 nitrogen and oxygen atoms in total. The summed E-state index contributed by atoms with van der Waals surface area (Å²) in [6.07, 6.45) is 1.05. The minimum Gasteiger partial charge on any atom is -0.387 e. The molecule has 0 spiro atoms. The van der Waals surface area contributed by atoms with Gasteiger partial charge in [0.2, 0.25) is 0 Å². The standard InChI is InChI=1S/C13H29N3/c1-11(2,3)12(4,5)9-13(6,7)16-8-10(14)15/h16H,8-9H2,1-7H3,(H3,14,15). The summed E-state index contributed by atoms with van der Waals surface area (Å²) in [5.74, 6) is 0.196. The molecule has 0 bridgehead atoms. The Balaban J connectivity index is 4.51. The first kappa shape index (κ1) is 15.4. The van der Waals surface area contributed by atoms with E-state index in [4.69, 9.17) is 11.1 Å². The van der Waals surface area contributed by atoms with E-state index in [0.717, 1.165) is 6.42 Å². The predicted octanol–water partition coefficient (Wildman–Crippen LogP) is 2.75. The number of hydrogen-bond acceptors (Lipinski definition) is 2. The first-order chi connectivity index (χ1) is 6.87. The quantitative estimate of drug-likeness (QED) is 0.499. The highest BCUT2D eigenvalue weighted by atomic mass is 15.0. The minimum absolute atomic E-state index is 0.00243. The molecule has 0 amide bonds. The second kappa shape index (κ2) is 4.74. The molecule has 16 heavy (non-hydrogen) atoms. The fraction of sp³-hybridized carbons (Fsp3) is 0.923. The highest BCUT2D eigenvalue weighted by Gasteiger charge is 2.37. The summed E-state index contributed by atoms with van der Waals surface area (Å²) in [5.41, 5.74) is 5.87. The summed E-state index contributed by atoms with van der Waals surface area (Å²) in [4.78, 5) is 0. The van der Waals surface area contributed by atoms with Crippen molar-refractivity contribution in [1.29, 1.82) is 5.41 Å². The predicted molar refractivity (Wildman–Crippen MR) is 71.8 cm³/mol. The Morgan fingerprint density at radius 2 is 1.50 bits per heavy atom. The highest BCUT2D eigenvalue weighted by molar-refractivity contribution is 5.78. The highest BCUT2D eigenvalue weighted by Crippen LogP contribution is 2.43. The van der Waals surface area contributed by atoms with Gasteiger partial charge in [-0.2, -0.15) is 0 Å². The molecule has 0 aliphatic carbocycles. The van der Waals surface area contributed by atoms with E-state index in [1.54, 1.807) is 0 Å². The number of rotatable bonds is 5. The normalized spacial score (nSPS) is 13.9. The lowest BCUT2D eigenvalue weighted by molar-refractivity contribution is 0.0843. The average Bonchev–Trinajstić information content (AvgIpc) is 1.96. The van der Waals surface area contributed by atoms with Crippen molar-refractivity contribution in [3.63, 3.8) is 0 Å². The third-order valence-electron chi connectivity index (χ3n) is 3.67. The van der Waals surface area contributed by atoms with Crippen LogP contribution in [-0.2, 0) is 0 Å². The summed E-state index contributed by atoms with van der Waals surface area (Å²) < 4.78 is 0. The Labute approximate surface area is 101 Å². The van der Waals surface area contributed by atoms with Gasteiger partial charge in [-0.25, -0.2) is 0 Å². The van der Waals surface area contributed by atoms with Crippen LogP contribution in [-0.4, -0.2) is 17.9 Å². The van der Waals surface area contributed by atoms with Gasteiger partial charge in [-0.1, -0.05) is 34.6 Å². The van der Waals surface area contributed by atoms with Gasteiger partial charge >= 0.3 is 0 Å². The van der Waals surface area contributed by atoms with Crippen LogP contribution in [0.2, 0.25) is 0 Å². The lowest BCUT2D eigenvalue weighted by atomic mass is 9.64. The molecule has 0 radical (unpaired) electrons. The van der Waals surface area contributed by atoms with Crippen LogP contribution in [0.1, 0.15) is 54.9 Å². The smallest absolute Gasteiger partial charge is 0.105 e. The van der Waals surface area contributed by atoms with Crippen molar-refractivity contribution in [3.8, 4) is 0 Å². The van der Waals surface area contributed by atoms with Gasteiger partial charge in [-0.05, 0) is 31.1 Å². The van der Waals surface area contributed by atoms with Gasteiger partial charge < -0.3 is 11.1 Å². The zero-order chi connectivity index (χ0) is 13.2. The van der Waals surface area contributed by atoms with Gasteiger partial charge in [-0.3, -0.25) is 5.41 Å². The minimum atomic E-state index is 0.00243. The maximum atomic E-state index is 7.24. The maximum Gasteiger partial charge on any atom is 0.105 e. The van der Waals surface area contributed by atoms with Crippen molar-refractivity contribution < 1.29 is 0 Å². The van der Waals surface area contributed by atoms with Crippen molar-refractivity contribution in [1.82, 2.24) is 5.32 Å². The SMILES string of the molecule is CC(C)(CC(C)(C)C(C)(C)C)NCC(=N)N. The molecular formula is C13H29N3. The van der Waals surface area contributed by atoms with E-state index in [-0.39, 0.29) is 22.2 Å². The van der Waals surface area contributed by atoms with E-state index in [1.807, 2.05) is 0 Å². The second-order valence-corrected chi connectivity index (χ2v) is 7.07. The number of amidine groups is 1. The van der Waals surface area contributed by atoms with E-state index in [9.17, 15) is 0 Å². The lowest BCUT2D eigenvalue weighted by Gasteiger charge is -2.44. The molecule has 0 fully saturated rings. The molecule has 3 heteroatoms. The third-order valence-corrected chi connectivity index (χ3v) is 3.67. The number of hydrogen-bond donors (Lipinski definition) is 3. The molecule has 0 aliphatic heterocycles. The summed E-state index contributed by atoms with van der Waals surface area (Å²) in [6, 6.07) is 0. The molecule has 0 aromatic rings. The monoisotopic (exact) mass is 227 g/mol. The molecule has 0 saturated carbocycles. The van der Waals surface area contributed by atoms with Crippen molar-refractivity contribution in [2.75, 3.05) is 6.54 Å². The van der Waals surface area contributed by atoms with Crippen molar-refractivity contribution >= 4 is 5.84 Å². The molecule has 0 aromatic carbocycles. The van der Waals surface area contributed by atoms with Crippen LogP contribution in [0.3, 0.4) is 0 Å². The van der Waals surface area contributed by atoms with Crippen molar-refractivity contribution in [2.45, 2.75) is 60.4 Å². The largest absolute Gasteiger partial charge is 0.387 e. The molecule has 0 aliphatic rings. The van der Waals surface area contributed by atoms with Crippen molar-refractivity contribution in [2.24, 2.45) is 16.6 Å². The van der Waals surface area contributed by atoms with E-state index in [2.05, 4.69) is 53.8 Å². The van der Waals surface area contributed by atoms with Gasteiger partial charge in [-0.15, -0.1) is 0 Å². The summed E-state index contributed by atoms with van der Waals surface area (Å²) in [7, 11) is 0. The topological polar surface area (TPSA) is 61.9 Å². The molecule has 0 aromatic heterocycles. The molecule has 0 unspecified atom stereocenters. The van der Waals surface area contributed by atoms with Gasteiger partial charge in [0.05, 0.1) is 6.54 Å². The van der Waals surface area contributed by atoms with E-state index >= 15 is 0 Å². The van der Waals surface area contributed by atoms with Crippen LogP contribution in [0.15, 0.2) is 0 Å². The second-order valence-electron chi connectivity index (χ2n) is 7.07. The summed E-state index contributed by atoms with van der Waals surface area (Å²) >= 11 is 0. The van der Waals surface area contributed by atoms with Crippen LogP contribution in [0.4, 0.5) is 0 Å². The lowest BCUT2D eigenvalue weighted by Crippen LogP contribution is -2.48. The first-order valence-corrected chi connectivity index (χ1v) is 5.95. The Bertz CT molecular complexity index is 246. The van der Waals surface area contributed by atoms with Crippen LogP contribution in [0.5, 0.6) is 0 Å². The van der Waals surface area contributed by atoms with Crippen LogP contribution in [0, 0.1) is 16.2 Å². The van der Waals surface area contributed by atoms with E-state index < -0.39 is 0 Å². The third kappa shape index (κ3) is 4.97. The van der Waals surface area contributed by atoms with Gasteiger partial charge in [0.1, 0.15) is 5.84 Å². The Kier molecular flexibility index (Phi) is 4.57. The molecule has 96 valence electrons. The summed E-state index contributed by atoms with van der Waals surface area (Å²) in [5, 5.41) is 10.6. The van der Waals surface area contributed by atoms with Crippen molar-refractivity contribution in [3.05, 3.63) is 0 Å². The van der Waals surface area contributed by atoms with E-state index in [0.29, 0.717) is 6.54 Å². The molecule has 0 saturated heterocycles. The number of nitrogens with one attached hydrogen (secondary N) is 2. The van der Waals surface area contributed by atoms with Crippen LogP contribution >= 0.6 is 0 Å². The molecule has 0 heterocycles. The zero-order valence-corrected chi connectivity index (χ0v) is 12.0. The maximum absolute atomic E-state index is 7.24. The van der Waals surface area contributed by atoms with Gasteiger partial charge in [0.25, 0.3) is 0 Å². The molecular weight excluding hydrogens is 198 g/mol. The average molecular weight is 227 g/mol. The number of nitrogens with two attached hydrogens (primary N) is 1. The Morgan fingerprint density at radius 1 is 1.06 bits per heavy atom. The fourth-order valence-corrected chi connectivity index (χ4v) is 1.77. The molecule has 0 rings (SSSR count).